The highest BCUT2D eigenvalue weighted by Gasteiger charge is 2.53. The van der Waals surface area contributed by atoms with Gasteiger partial charge in [0.1, 0.15) is 63.3 Å². The Kier molecular flexibility index (Phi) is 31.6. The molecule has 0 spiro atoms. The summed E-state index contributed by atoms with van der Waals surface area (Å²) in [7, 11) is -8.40. The average Bonchev–Trinajstić information content (AvgIpc) is 1.58. The van der Waals surface area contributed by atoms with Crippen LogP contribution in [0.2, 0.25) is 5.28 Å². The summed E-state index contributed by atoms with van der Waals surface area (Å²) in [5.74, 6) is -0.930. The number of aliphatic carboxylic acids is 3. The molecule has 1 fully saturated rings. The summed E-state index contributed by atoms with van der Waals surface area (Å²) in [6, 6.07) is 34.2. The maximum atomic E-state index is 13.4. The van der Waals surface area contributed by atoms with Crippen molar-refractivity contribution in [2.75, 3.05) is 34.4 Å². The van der Waals surface area contributed by atoms with Gasteiger partial charge < -0.3 is 66.9 Å². The molecule has 45 heteroatoms. The zero-order valence-corrected chi connectivity index (χ0v) is 76.9. The van der Waals surface area contributed by atoms with Crippen LogP contribution in [0.3, 0.4) is 0 Å². The van der Waals surface area contributed by atoms with E-state index in [1.54, 1.807) is 182 Å². The molecule has 0 unspecified atom stereocenters. The van der Waals surface area contributed by atoms with Crippen LogP contribution in [0.15, 0.2) is 205 Å². The first kappa shape index (κ1) is 101. The van der Waals surface area contributed by atoms with Crippen molar-refractivity contribution in [2.24, 2.45) is 5.73 Å². The number of carboxylic acid groups (broad SMARTS) is 3. The molecule has 13 heterocycles. The zero-order chi connectivity index (χ0) is 97.6. The molecule has 0 radical (unpaired) electrons. The van der Waals surface area contributed by atoms with Gasteiger partial charge in [-0.3, -0.25) is 4.79 Å². The molecule has 12 N–H and O–H groups in total. The van der Waals surface area contributed by atoms with Crippen molar-refractivity contribution in [1.82, 2.24) is 83.0 Å². The van der Waals surface area contributed by atoms with E-state index in [9.17, 15) is 72.6 Å². The summed E-state index contributed by atoms with van der Waals surface area (Å²) in [5.41, 5.74) is 5.19. The molecule has 12 aromatic heterocycles. The summed E-state index contributed by atoms with van der Waals surface area (Å²) in [6.45, 7) is 22.4. The normalized spacial score (nSPS) is 14.7. The SMILES string of the molecule is CC[C@@](C)(Nc1ccnc(-c2c[nH]c3ncccc23)n1)C(=O)NCC(F)(F)F.CC[C@@](C)(Nc1ccnc(-c2c[nH]c3ncccc23)n1)C(=O)O.CC[C@@](C)(Nc1ccnc(-c2cn(S(=O)(=O)c3ccc(C)cc3)c3ncccc23)n1)C(=O)O.CC[C@@](C)(Nc1ccnc(Cl)n1)C(=O)O.Cc1ccc(S(=O)(=O)n2cc(B3OC(C)(C)C(C)(C)O3)c3cccnc32)cc1.NCC(F)(F)F. The first-order valence-electron chi connectivity index (χ1n) is 41.2. The highest BCUT2D eigenvalue weighted by molar-refractivity contribution is 7.90. The molecule has 35 nitrogen and oxygen atoms in total. The van der Waals surface area contributed by atoms with Crippen molar-refractivity contribution in [3.8, 4) is 34.2 Å². The third kappa shape index (κ3) is 24.4. The molecule has 0 bridgehead atoms. The number of pyridine rings is 4. The fraction of sp³-hybridized carbons (Fsp3) is 0.318. The van der Waals surface area contributed by atoms with E-state index in [0.717, 1.165) is 42.6 Å². The van der Waals surface area contributed by atoms with Crippen molar-refractivity contribution < 1.29 is 87.0 Å². The quantitative estimate of drug-likeness (QED) is 0.0144. The average molecular weight is 1900 g/mol. The fourth-order valence-corrected chi connectivity index (χ4v) is 15.3. The number of aryl methyl sites for hydroxylation is 2. The second kappa shape index (κ2) is 41.4. The minimum Gasteiger partial charge on any atom is -0.480 e. The molecule has 1 amide bonds. The van der Waals surface area contributed by atoms with E-state index in [1.807, 2.05) is 78.0 Å². The Balaban J connectivity index is 0.000000172. The lowest BCUT2D eigenvalue weighted by Gasteiger charge is -2.32. The topological polar surface area (TPSA) is 498 Å². The Morgan fingerprint density at radius 3 is 1.17 bits per heavy atom. The number of benzene rings is 2. The van der Waals surface area contributed by atoms with Crippen LogP contribution in [-0.4, -0.2) is 200 Å². The van der Waals surface area contributed by atoms with Crippen molar-refractivity contribution in [3.05, 3.63) is 212 Å². The number of rotatable bonds is 25. The first-order chi connectivity index (χ1) is 62.5. The van der Waals surface area contributed by atoms with Crippen molar-refractivity contribution in [1.29, 1.82) is 0 Å². The van der Waals surface area contributed by atoms with E-state index in [0.29, 0.717) is 87.3 Å². The van der Waals surface area contributed by atoms with Crippen LogP contribution in [0.25, 0.3) is 78.3 Å². The monoisotopic (exact) mass is 1890 g/mol. The summed E-state index contributed by atoms with van der Waals surface area (Å²) in [6.07, 6.45) is 11.9. The molecule has 1 aliphatic rings. The highest BCUT2D eigenvalue weighted by atomic mass is 35.5. The lowest BCUT2D eigenvalue weighted by atomic mass is 9.79. The molecule has 0 aliphatic carbocycles. The number of carboxylic acids is 3. The third-order valence-electron chi connectivity index (χ3n) is 22.0. The molecular weight excluding hydrogens is 1800 g/mol. The van der Waals surface area contributed by atoms with Gasteiger partial charge in [-0.2, -0.15) is 26.3 Å². The van der Waals surface area contributed by atoms with Gasteiger partial charge in [-0.15, -0.1) is 0 Å². The molecule has 1 saturated heterocycles. The number of halogens is 7. The molecule has 2 aromatic carbocycles. The number of nitrogens with two attached hydrogens (primary N) is 1. The Labute approximate surface area is 765 Å². The van der Waals surface area contributed by atoms with Gasteiger partial charge in [-0.05, 0) is 204 Å². The lowest BCUT2D eigenvalue weighted by Crippen LogP contribution is -2.52. The molecule has 15 rings (SSSR count). The fourth-order valence-electron chi connectivity index (χ4n) is 12.5. The largest absolute Gasteiger partial charge is 0.497 e. The molecular formula is C88H98BClF6N22O13S2. The smallest absolute Gasteiger partial charge is 0.480 e. The van der Waals surface area contributed by atoms with Gasteiger partial charge in [0.2, 0.25) is 11.2 Å². The number of carbonyl (C=O) groups excluding carboxylic acids is 1. The number of aromatic nitrogens is 16. The second-order valence-electron chi connectivity index (χ2n) is 32.2. The number of anilines is 4. The number of amides is 1. The van der Waals surface area contributed by atoms with Crippen LogP contribution in [0, 0.1) is 13.8 Å². The standard InChI is InChI=1S/C23H23N5O4S.C20H23BN2O4S.C18H19F3N6O.C16H17N5O2.C9H12ClN3O2.C2H4F3N/c1-4-23(3,22(29)30)27-19-11-13-24-20(26-19)18-14-28(21-17(18)6-5-12-25-21)33(31,32)16-9-7-15(2)8-10-16;1-14-8-10-15(11-9-14)28(24,25)23-13-17(16-7-6-12-22-18(16)23)21-26-19(2,3)20(4,5)27-21;1-3-17(2,16(28)25-10-18(19,20)21)27-13-6-8-23-15(26-13)12-9-24-14-11(12)5-4-7-22-14;1-3-16(2,15(22)23)21-12-6-8-18-14(20-12)11-9-19-13-10(11)5-4-7-17-13;1-3-9(2,7(14)15)13-6-4-5-11-8(10)12-6;3-2(4,5)1-6/h5-14H,4H2,1-3H3,(H,29,30)(H,24,26,27);6-13H,1-5H3;4-9H,3,10H2,1-2H3,(H,22,24)(H,25,28)(H,23,26,27);4-9H,3H2,1-2H3,(H,17,19)(H,22,23)(H,18,20,21);4-5H,3H2,1-2H3,(H,14,15)(H,11,12,13);1,6H2/t23-;;17-;16-;9-;/m1.111./s1. The Morgan fingerprint density at radius 1 is 0.459 bits per heavy atom. The van der Waals surface area contributed by atoms with Crippen molar-refractivity contribution in [3.63, 3.8) is 0 Å². The minimum absolute atomic E-state index is 0.0869. The van der Waals surface area contributed by atoms with Crippen molar-refractivity contribution in [2.45, 2.75) is 178 Å². The van der Waals surface area contributed by atoms with Gasteiger partial charge in [0.15, 0.2) is 28.8 Å². The maximum absolute atomic E-state index is 13.4. The number of H-pyrrole nitrogens is 2. The molecule has 4 atom stereocenters. The summed E-state index contributed by atoms with van der Waals surface area (Å²) in [4.78, 5) is 104. The van der Waals surface area contributed by atoms with Crippen LogP contribution in [-0.2, 0) is 48.5 Å². The minimum atomic E-state index is -4.48. The third-order valence-corrected chi connectivity index (χ3v) is 25.5. The summed E-state index contributed by atoms with van der Waals surface area (Å²) >= 11 is 5.59. The van der Waals surface area contributed by atoms with E-state index in [1.165, 1.54) is 41.9 Å². The molecule has 0 saturated carbocycles. The van der Waals surface area contributed by atoms with E-state index in [-0.39, 0.29) is 33.0 Å². The predicted molar refractivity (Wildman–Crippen MR) is 491 cm³/mol. The Hall–Kier alpha value is -13.7. The number of fused-ring (bicyclic) bond motifs is 4. The van der Waals surface area contributed by atoms with Gasteiger partial charge in [-0.25, -0.2) is 99.0 Å². The zero-order valence-electron chi connectivity index (χ0n) is 74.5. The predicted octanol–water partition coefficient (Wildman–Crippen LogP) is 14.9. The second-order valence-corrected chi connectivity index (χ2v) is 36.1. The van der Waals surface area contributed by atoms with E-state index >= 15 is 0 Å². The van der Waals surface area contributed by atoms with Gasteiger partial charge in [-0.1, -0.05) is 63.1 Å². The number of alkyl halides is 6. The lowest BCUT2D eigenvalue weighted by molar-refractivity contribution is -0.142. The maximum Gasteiger partial charge on any atom is 0.497 e. The number of nitrogens with one attached hydrogen (secondary N) is 7. The van der Waals surface area contributed by atoms with E-state index < -0.39 is 110 Å². The molecule has 14 aromatic rings. The number of hydrogen-bond acceptors (Lipinski definition) is 27. The number of carbonyl (C=O) groups is 4. The Morgan fingerprint density at radius 2 is 0.797 bits per heavy atom. The molecule has 1 aliphatic heterocycles. The first-order valence-corrected chi connectivity index (χ1v) is 44.4. The van der Waals surface area contributed by atoms with Crippen LogP contribution < -0.4 is 37.8 Å². The van der Waals surface area contributed by atoms with Crippen molar-refractivity contribution >= 4 is 135 Å². The number of hydrogen-bond donors (Lipinski definition) is 11. The summed E-state index contributed by atoms with van der Waals surface area (Å²) < 4.78 is 137. The van der Waals surface area contributed by atoms with Crippen LogP contribution in [0.5, 0.6) is 0 Å². The highest BCUT2D eigenvalue weighted by Crippen LogP contribution is 2.39. The van der Waals surface area contributed by atoms with Gasteiger partial charge >= 0.3 is 37.4 Å². The number of nitrogens with zero attached hydrogens (tertiary/aromatic N) is 14. The Bertz CT molecular complexity index is 6720. The van der Waals surface area contributed by atoms with Gasteiger partial charge in [0.25, 0.3) is 20.0 Å². The van der Waals surface area contributed by atoms with Crippen LogP contribution in [0.1, 0.15) is 120 Å². The molecule has 133 heavy (non-hydrogen) atoms. The summed E-state index contributed by atoms with van der Waals surface area (Å²) in [5, 5.41) is 44.6. The number of aromatic amines is 2. The molecule has 702 valence electrons. The van der Waals surface area contributed by atoms with Crippen LogP contribution >= 0.6 is 11.6 Å². The van der Waals surface area contributed by atoms with Gasteiger partial charge in [0.05, 0.1) is 27.5 Å². The van der Waals surface area contributed by atoms with E-state index in [4.69, 9.17) is 26.0 Å². The van der Waals surface area contributed by atoms with Gasteiger partial charge in [0, 0.05) is 118 Å². The van der Waals surface area contributed by atoms with Crippen LogP contribution in [0.4, 0.5) is 49.6 Å². The van der Waals surface area contributed by atoms with E-state index in [2.05, 4.69) is 96.8 Å².